The molecule has 18 heavy (non-hydrogen) atoms. The third kappa shape index (κ3) is 7.30. The maximum Gasteiger partial charge on any atom is 0.119 e. The number of nitrogens with one attached hydrogen (secondary N) is 1. The number of hydrogen-bond acceptors (Lipinski definition) is 3. The van der Waals surface area contributed by atoms with E-state index in [1.165, 1.54) is 5.56 Å². The van der Waals surface area contributed by atoms with Crippen molar-refractivity contribution in [2.75, 3.05) is 33.4 Å². The highest BCUT2D eigenvalue weighted by Gasteiger charge is 1.94. The summed E-state index contributed by atoms with van der Waals surface area (Å²) >= 11 is 0. The van der Waals surface area contributed by atoms with Crippen molar-refractivity contribution in [1.29, 1.82) is 0 Å². The minimum atomic E-state index is 0.795. The highest BCUT2D eigenvalue weighted by Crippen LogP contribution is 2.12. The van der Waals surface area contributed by atoms with Crippen molar-refractivity contribution in [2.45, 2.75) is 26.2 Å². The first-order valence-electron chi connectivity index (χ1n) is 6.72. The van der Waals surface area contributed by atoms with Crippen molar-refractivity contribution in [3.8, 4) is 5.75 Å². The minimum Gasteiger partial charge on any atom is -0.494 e. The number of benzene rings is 1. The van der Waals surface area contributed by atoms with E-state index in [0.29, 0.717) is 0 Å². The maximum absolute atomic E-state index is 5.68. The van der Waals surface area contributed by atoms with Gasteiger partial charge in [0.25, 0.3) is 0 Å². The lowest BCUT2D eigenvalue weighted by molar-refractivity contribution is 0.194. The summed E-state index contributed by atoms with van der Waals surface area (Å²) in [5, 5.41) is 3.39. The third-order valence-corrected chi connectivity index (χ3v) is 2.71. The number of hydrogen-bond donors (Lipinski definition) is 1. The van der Waals surface area contributed by atoms with Gasteiger partial charge in [-0.25, -0.2) is 0 Å². The number of ether oxygens (including phenoxy) is 2. The summed E-state index contributed by atoms with van der Waals surface area (Å²) in [4.78, 5) is 0. The number of rotatable bonds is 10. The van der Waals surface area contributed by atoms with Gasteiger partial charge in [0, 0.05) is 13.7 Å². The molecule has 0 spiro atoms. The molecule has 0 aliphatic heterocycles. The van der Waals surface area contributed by atoms with E-state index in [1.807, 2.05) is 12.1 Å². The molecule has 0 aromatic heterocycles. The topological polar surface area (TPSA) is 30.5 Å². The molecule has 0 saturated carbocycles. The Labute approximate surface area is 110 Å². The Morgan fingerprint density at radius 1 is 1.06 bits per heavy atom. The van der Waals surface area contributed by atoms with Crippen LogP contribution in [0.15, 0.2) is 24.3 Å². The number of aryl methyl sites for hydroxylation is 1. The summed E-state index contributed by atoms with van der Waals surface area (Å²) in [7, 11) is 1.74. The van der Waals surface area contributed by atoms with Gasteiger partial charge in [0.05, 0.1) is 6.61 Å². The van der Waals surface area contributed by atoms with Gasteiger partial charge in [0.2, 0.25) is 0 Å². The van der Waals surface area contributed by atoms with E-state index in [0.717, 1.165) is 51.3 Å². The van der Waals surface area contributed by atoms with Gasteiger partial charge in [0.1, 0.15) is 5.75 Å². The van der Waals surface area contributed by atoms with E-state index >= 15 is 0 Å². The Bertz CT molecular complexity index is 315. The largest absolute Gasteiger partial charge is 0.494 e. The number of unbranched alkanes of at least 4 members (excludes halogenated alkanes) is 1. The van der Waals surface area contributed by atoms with E-state index in [-0.39, 0.29) is 0 Å². The summed E-state index contributed by atoms with van der Waals surface area (Å²) in [6.45, 7) is 5.80. The minimum absolute atomic E-state index is 0.795. The van der Waals surface area contributed by atoms with E-state index in [9.17, 15) is 0 Å². The fourth-order valence-corrected chi connectivity index (χ4v) is 1.71. The average molecular weight is 251 g/mol. The molecule has 0 aliphatic carbocycles. The SMILES string of the molecule is COCCCNCCCCOc1cccc(C)c1. The lowest BCUT2D eigenvalue weighted by atomic mass is 10.2. The van der Waals surface area contributed by atoms with Crippen LogP contribution in [0.1, 0.15) is 24.8 Å². The quantitative estimate of drug-likeness (QED) is 0.649. The molecule has 0 unspecified atom stereocenters. The van der Waals surface area contributed by atoms with Crippen LogP contribution in [0, 0.1) is 6.92 Å². The molecule has 0 bridgehead atoms. The van der Waals surface area contributed by atoms with Crippen LogP contribution < -0.4 is 10.1 Å². The van der Waals surface area contributed by atoms with Crippen molar-refractivity contribution < 1.29 is 9.47 Å². The van der Waals surface area contributed by atoms with Gasteiger partial charge in [-0.3, -0.25) is 0 Å². The van der Waals surface area contributed by atoms with Crippen molar-refractivity contribution in [2.24, 2.45) is 0 Å². The standard InChI is InChI=1S/C15H25NO2/c1-14-7-5-8-15(13-14)18-12-4-3-9-16-10-6-11-17-2/h5,7-8,13,16H,3-4,6,9-12H2,1-2H3. The van der Waals surface area contributed by atoms with Gasteiger partial charge < -0.3 is 14.8 Å². The molecule has 102 valence electrons. The van der Waals surface area contributed by atoms with Crippen molar-refractivity contribution in [3.05, 3.63) is 29.8 Å². The molecule has 1 rings (SSSR count). The van der Waals surface area contributed by atoms with E-state index in [4.69, 9.17) is 9.47 Å². The maximum atomic E-state index is 5.68. The fourth-order valence-electron chi connectivity index (χ4n) is 1.71. The molecular formula is C15H25NO2. The smallest absolute Gasteiger partial charge is 0.119 e. The molecule has 1 aromatic rings. The Kier molecular flexibility index (Phi) is 8.26. The Morgan fingerprint density at radius 2 is 1.89 bits per heavy atom. The molecule has 0 atom stereocenters. The zero-order valence-electron chi connectivity index (χ0n) is 11.6. The Hall–Kier alpha value is -1.06. The summed E-state index contributed by atoms with van der Waals surface area (Å²) < 4.78 is 10.7. The molecule has 0 amide bonds. The van der Waals surface area contributed by atoms with Crippen LogP contribution in [-0.4, -0.2) is 33.4 Å². The van der Waals surface area contributed by atoms with Gasteiger partial charge in [-0.15, -0.1) is 0 Å². The molecule has 0 radical (unpaired) electrons. The fraction of sp³-hybridized carbons (Fsp3) is 0.600. The first-order valence-corrected chi connectivity index (χ1v) is 6.72. The van der Waals surface area contributed by atoms with Crippen molar-refractivity contribution in [1.82, 2.24) is 5.32 Å². The van der Waals surface area contributed by atoms with E-state index in [2.05, 4.69) is 24.4 Å². The molecule has 3 heteroatoms. The highest BCUT2D eigenvalue weighted by atomic mass is 16.5. The Morgan fingerprint density at radius 3 is 2.67 bits per heavy atom. The molecule has 0 heterocycles. The van der Waals surface area contributed by atoms with Crippen LogP contribution in [0.3, 0.4) is 0 Å². The normalized spacial score (nSPS) is 10.6. The zero-order chi connectivity index (χ0) is 13.1. The predicted octanol–water partition coefficient (Wildman–Crippen LogP) is 2.78. The van der Waals surface area contributed by atoms with Gasteiger partial charge >= 0.3 is 0 Å². The summed E-state index contributed by atoms with van der Waals surface area (Å²) in [5.74, 6) is 0.975. The molecule has 1 aromatic carbocycles. The first kappa shape index (κ1) is 15.0. The predicted molar refractivity (Wildman–Crippen MR) is 75.3 cm³/mol. The van der Waals surface area contributed by atoms with Gasteiger partial charge in [0.15, 0.2) is 0 Å². The van der Waals surface area contributed by atoms with Gasteiger partial charge in [-0.2, -0.15) is 0 Å². The second-order valence-corrected chi connectivity index (χ2v) is 4.47. The van der Waals surface area contributed by atoms with Crippen LogP contribution in [0.5, 0.6) is 5.75 Å². The van der Waals surface area contributed by atoms with Crippen LogP contribution in [-0.2, 0) is 4.74 Å². The monoisotopic (exact) mass is 251 g/mol. The second-order valence-electron chi connectivity index (χ2n) is 4.47. The summed E-state index contributed by atoms with van der Waals surface area (Å²) in [6, 6.07) is 8.19. The van der Waals surface area contributed by atoms with Gasteiger partial charge in [-0.05, 0) is 57.0 Å². The molecule has 0 aliphatic rings. The second kappa shape index (κ2) is 9.92. The summed E-state index contributed by atoms with van der Waals surface area (Å²) in [6.07, 6.45) is 3.32. The van der Waals surface area contributed by atoms with Crippen molar-refractivity contribution in [3.63, 3.8) is 0 Å². The lowest BCUT2D eigenvalue weighted by Crippen LogP contribution is -2.18. The molecule has 0 saturated heterocycles. The molecule has 0 fully saturated rings. The van der Waals surface area contributed by atoms with Crippen LogP contribution in [0.4, 0.5) is 0 Å². The van der Waals surface area contributed by atoms with Crippen LogP contribution in [0.2, 0.25) is 0 Å². The lowest BCUT2D eigenvalue weighted by Gasteiger charge is -2.07. The third-order valence-electron chi connectivity index (χ3n) is 2.71. The first-order chi connectivity index (χ1) is 8.83. The van der Waals surface area contributed by atoms with Gasteiger partial charge in [-0.1, -0.05) is 12.1 Å². The number of methoxy groups -OCH3 is 1. The Balaban J connectivity index is 1.92. The van der Waals surface area contributed by atoms with Crippen molar-refractivity contribution >= 4 is 0 Å². The average Bonchev–Trinajstić information content (AvgIpc) is 2.37. The molecular weight excluding hydrogens is 226 g/mol. The van der Waals surface area contributed by atoms with Crippen LogP contribution in [0.25, 0.3) is 0 Å². The van der Waals surface area contributed by atoms with E-state index in [1.54, 1.807) is 7.11 Å². The molecule has 1 N–H and O–H groups in total. The van der Waals surface area contributed by atoms with Crippen LogP contribution >= 0.6 is 0 Å². The van der Waals surface area contributed by atoms with E-state index < -0.39 is 0 Å². The zero-order valence-corrected chi connectivity index (χ0v) is 11.6. The highest BCUT2D eigenvalue weighted by molar-refractivity contribution is 5.27. The molecule has 3 nitrogen and oxygen atoms in total. The summed E-state index contributed by atoms with van der Waals surface area (Å²) in [5.41, 5.74) is 1.24.